The van der Waals surface area contributed by atoms with Gasteiger partial charge in [0.15, 0.2) is 0 Å². The third-order valence-electron chi connectivity index (χ3n) is 4.82. The number of aliphatic hydroxyl groups excluding tert-OH is 1. The van der Waals surface area contributed by atoms with Crippen LogP contribution in [0, 0.1) is 11.3 Å². The minimum Gasteiger partial charge on any atom is -0.493 e. The van der Waals surface area contributed by atoms with Gasteiger partial charge in [-0.05, 0) is 38.2 Å². The summed E-state index contributed by atoms with van der Waals surface area (Å²) < 4.78 is 5.66. The first-order valence-corrected chi connectivity index (χ1v) is 7.76. The van der Waals surface area contributed by atoms with Crippen LogP contribution >= 0.6 is 0 Å². The molecule has 1 aromatic carbocycles. The van der Waals surface area contributed by atoms with Crippen LogP contribution in [0.1, 0.15) is 51.2 Å². The van der Waals surface area contributed by atoms with Crippen LogP contribution < -0.4 is 10.5 Å². The Labute approximate surface area is 122 Å². The maximum absolute atomic E-state index is 10.9. The van der Waals surface area contributed by atoms with Crippen molar-refractivity contribution in [1.29, 1.82) is 0 Å². The molecule has 1 saturated carbocycles. The lowest BCUT2D eigenvalue weighted by atomic mass is 9.76. The molecule has 1 fully saturated rings. The van der Waals surface area contributed by atoms with Crippen molar-refractivity contribution in [3.05, 3.63) is 29.8 Å². The van der Waals surface area contributed by atoms with Gasteiger partial charge in [0.2, 0.25) is 0 Å². The minimum atomic E-state index is -0.535. The number of hydrogen-bond donors (Lipinski definition) is 2. The van der Waals surface area contributed by atoms with Gasteiger partial charge in [0, 0.05) is 17.5 Å². The number of rotatable bonds is 6. The number of benzene rings is 1. The lowest BCUT2D eigenvalue weighted by Crippen LogP contribution is -2.34. The highest BCUT2D eigenvalue weighted by Crippen LogP contribution is 2.51. The molecule has 3 atom stereocenters. The Hall–Kier alpha value is -1.06. The third kappa shape index (κ3) is 2.84. The van der Waals surface area contributed by atoms with Crippen molar-refractivity contribution in [3.63, 3.8) is 0 Å². The molecular formula is C17H27NO2. The average Bonchev–Trinajstić information content (AvgIpc) is 2.92. The SMILES string of the molecule is CCOc1ccccc1C(O)C1(CN)CCC(CC)C1. The molecule has 0 aromatic heterocycles. The Morgan fingerprint density at radius 1 is 1.40 bits per heavy atom. The first-order valence-electron chi connectivity index (χ1n) is 7.76. The summed E-state index contributed by atoms with van der Waals surface area (Å²) in [5.41, 5.74) is 6.75. The number of hydrogen-bond acceptors (Lipinski definition) is 3. The Morgan fingerprint density at radius 3 is 2.75 bits per heavy atom. The van der Waals surface area contributed by atoms with Gasteiger partial charge in [-0.3, -0.25) is 0 Å². The van der Waals surface area contributed by atoms with Crippen LogP contribution in [0.2, 0.25) is 0 Å². The van der Waals surface area contributed by atoms with Crippen molar-refractivity contribution in [3.8, 4) is 5.75 Å². The molecule has 0 saturated heterocycles. The number of aliphatic hydroxyl groups is 1. The molecule has 0 aliphatic heterocycles. The van der Waals surface area contributed by atoms with Gasteiger partial charge in [0.05, 0.1) is 12.7 Å². The molecule has 1 aliphatic carbocycles. The van der Waals surface area contributed by atoms with Crippen molar-refractivity contribution in [1.82, 2.24) is 0 Å². The summed E-state index contributed by atoms with van der Waals surface area (Å²) in [6.07, 6.45) is 3.82. The molecule has 3 heteroatoms. The summed E-state index contributed by atoms with van der Waals surface area (Å²) in [6, 6.07) is 7.79. The largest absolute Gasteiger partial charge is 0.493 e. The van der Waals surface area contributed by atoms with E-state index in [9.17, 15) is 5.11 Å². The van der Waals surface area contributed by atoms with E-state index >= 15 is 0 Å². The van der Waals surface area contributed by atoms with E-state index in [2.05, 4.69) is 6.92 Å². The monoisotopic (exact) mass is 277 g/mol. The molecule has 3 unspecified atom stereocenters. The van der Waals surface area contributed by atoms with Crippen LogP contribution in [0.4, 0.5) is 0 Å². The van der Waals surface area contributed by atoms with Crippen LogP contribution in [-0.2, 0) is 0 Å². The van der Waals surface area contributed by atoms with E-state index in [1.807, 2.05) is 31.2 Å². The van der Waals surface area contributed by atoms with E-state index < -0.39 is 6.10 Å². The molecule has 112 valence electrons. The summed E-state index contributed by atoms with van der Waals surface area (Å²) in [6.45, 7) is 5.32. The van der Waals surface area contributed by atoms with Crippen molar-refractivity contribution in [2.45, 2.75) is 45.6 Å². The van der Waals surface area contributed by atoms with E-state index in [0.29, 0.717) is 19.1 Å². The van der Waals surface area contributed by atoms with Crippen LogP contribution in [0.5, 0.6) is 5.75 Å². The molecular weight excluding hydrogens is 250 g/mol. The lowest BCUT2D eigenvalue weighted by Gasteiger charge is -2.34. The summed E-state index contributed by atoms with van der Waals surface area (Å²) in [4.78, 5) is 0. The van der Waals surface area contributed by atoms with Gasteiger partial charge in [-0.25, -0.2) is 0 Å². The van der Waals surface area contributed by atoms with Gasteiger partial charge in [-0.1, -0.05) is 31.5 Å². The van der Waals surface area contributed by atoms with Gasteiger partial charge in [-0.15, -0.1) is 0 Å². The summed E-state index contributed by atoms with van der Waals surface area (Å²) >= 11 is 0. The van der Waals surface area contributed by atoms with Crippen LogP contribution in [0.15, 0.2) is 24.3 Å². The fourth-order valence-electron chi connectivity index (χ4n) is 3.49. The zero-order valence-electron chi connectivity index (χ0n) is 12.6. The van der Waals surface area contributed by atoms with E-state index in [0.717, 1.165) is 24.2 Å². The van der Waals surface area contributed by atoms with Gasteiger partial charge in [0.25, 0.3) is 0 Å². The standard InChI is InChI=1S/C17H27NO2/c1-3-13-9-10-17(11-13,12-18)16(19)14-7-5-6-8-15(14)20-4-2/h5-8,13,16,19H,3-4,9-12,18H2,1-2H3. The maximum Gasteiger partial charge on any atom is 0.125 e. The van der Waals surface area contributed by atoms with E-state index in [4.69, 9.17) is 10.5 Å². The lowest BCUT2D eigenvalue weighted by molar-refractivity contribution is 0.0280. The minimum absolute atomic E-state index is 0.187. The first-order chi connectivity index (χ1) is 9.66. The molecule has 20 heavy (non-hydrogen) atoms. The molecule has 0 heterocycles. The van der Waals surface area contributed by atoms with E-state index in [1.54, 1.807) is 0 Å². The number of para-hydroxylation sites is 1. The van der Waals surface area contributed by atoms with Gasteiger partial charge in [0.1, 0.15) is 5.75 Å². The van der Waals surface area contributed by atoms with Gasteiger partial charge < -0.3 is 15.6 Å². The second-order valence-corrected chi connectivity index (χ2v) is 5.96. The first kappa shape index (κ1) is 15.3. The average molecular weight is 277 g/mol. The molecule has 0 radical (unpaired) electrons. The van der Waals surface area contributed by atoms with Crippen LogP contribution in [0.3, 0.4) is 0 Å². The van der Waals surface area contributed by atoms with Crippen LogP contribution in [0.25, 0.3) is 0 Å². The Morgan fingerprint density at radius 2 is 2.15 bits per heavy atom. The van der Waals surface area contributed by atoms with Gasteiger partial charge >= 0.3 is 0 Å². The van der Waals surface area contributed by atoms with Crippen molar-refractivity contribution >= 4 is 0 Å². The summed E-state index contributed by atoms with van der Waals surface area (Å²) in [5, 5.41) is 10.9. The van der Waals surface area contributed by atoms with E-state index in [-0.39, 0.29) is 5.41 Å². The second-order valence-electron chi connectivity index (χ2n) is 5.96. The predicted octanol–water partition coefficient (Wildman–Crippen LogP) is 3.27. The van der Waals surface area contributed by atoms with Gasteiger partial charge in [-0.2, -0.15) is 0 Å². The molecule has 1 aromatic rings. The maximum atomic E-state index is 10.9. The summed E-state index contributed by atoms with van der Waals surface area (Å²) in [7, 11) is 0. The van der Waals surface area contributed by atoms with E-state index in [1.165, 1.54) is 12.8 Å². The Bertz CT molecular complexity index is 435. The summed E-state index contributed by atoms with van der Waals surface area (Å²) in [5.74, 6) is 1.47. The number of nitrogens with two attached hydrogens (primary N) is 1. The Balaban J connectivity index is 2.27. The molecule has 0 spiro atoms. The van der Waals surface area contributed by atoms with Crippen LogP contribution in [-0.4, -0.2) is 18.3 Å². The Kier molecular flexibility index (Phi) is 5.06. The smallest absolute Gasteiger partial charge is 0.125 e. The molecule has 3 nitrogen and oxygen atoms in total. The predicted molar refractivity (Wildman–Crippen MR) is 81.7 cm³/mol. The fourth-order valence-corrected chi connectivity index (χ4v) is 3.49. The molecule has 3 N–H and O–H groups in total. The zero-order valence-corrected chi connectivity index (χ0v) is 12.6. The molecule has 1 aliphatic rings. The third-order valence-corrected chi connectivity index (χ3v) is 4.82. The van der Waals surface area contributed by atoms with Crippen molar-refractivity contribution < 1.29 is 9.84 Å². The molecule has 0 bridgehead atoms. The number of ether oxygens (including phenoxy) is 1. The highest BCUT2D eigenvalue weighted by molar-refractivity contribution is 5.36. The van der Waals surface area contributed by atoms with Crippen molar-refractivity contribution in [2.24, 2.45) is 17.1 Å². The highest BCUT2D eigenvalue weighted by atomic mass is 16.5. The second kappa shape index (κ2) is 6.59. The fraction of sp³-hybridized carbons (Fsp3) is 0.647. The topological polar surface area (TPSA) is 55.5 Å². The zero-order chi connectivity index (χ0) is 14.6. The van der Waals surface area contributed by atoms with Crippen molar-refractivity contribution in [2.75, 3.05) is 13.2 Å². The molecule has 0 amide bonds. The highest BCUT2D eigenvalue weighted by Gasteiger charge is 2.44. The quantitative estimate of drug-likeness (QED) is 0.839. The molecule has 2 rings (SSSR count). The normalized spacial score (nSPS) is 27.5.